The summed E-state index contributed by atoms with van der Waals surface area (Å²) in [7, 11) is 0. The van der Waals surface area contributed by atoms with Gasteiger partial charge in [0.2, 0.25) is 0 Å². The molecule has 32 heavy (non-hydrogen) atoms. The van der Waals surface area contributed by atoms with Gasteiger partial charge >= 0.3 is 207 Å². The standard InChI is InChI=1S/C30H34IP/c31-32(27-10-4-1-5-11-27,28-12-6-2-7-13-28,29-14-8-3-9-15-29)17-16-30-21-24-18-25(22-30)20-26(19-24)23-30/h1-15,24-26H,16-23H2. The van der Waals surface area contributed by atoms with Crippen LogP contribution in [0.4, 0.5) is 0 Å². The van der Waals surface area contributed by atoms with Crippen LogP contribution in [0.1, 0.15) is 44.9 Å². The zero-order valence-electron chi connectivity index (χ0n) is 18.9. The molecule has 166 valence electrons. The first-order valence-corrected chi connectivity index (χ1v) is 17.7. The summed E-state index contributed by atoms with van der Waals surface area (Å²) in [5.74, 6) is 3.06. The van der Waals surface area contributed by atoms with Gasteiger partial charge in [0.1, 0.15) is 0 Å². The molecule has 0 saturated heterocycles. The van der Waals surface area contributed by atoms with Crippen LogP contribution in [0.25, 0.3) is 0 Å². The predicted octanol–water partition coefficient (Wildman–Crippen LogP) is 7.47. The molecular formula is C30H34IP. The van der Waals surface area contributed by atoms with Crippen LogP contribution in [0, 0.1) is 23.2 Å². The van der Waals surface area contributed by atoms with Crippen LogP contribution in [-0.2, 0) is 0 Å². The first-order valence-electron chi connectivity index (χ1n) is 12.5. The van der Waals surface area contributed by atoms with E-state index >= 15 is 0 Å². The van der Waals surface area contributed by atoms with Crippen molar-refractivity contribution < 1.29 is 0 Å². The molecule has 4 aliphatic rings. The Morgan fingerprint density at radius 1 is 0.594 bits per heavy atom. The van der Waals surface area contributed by atoms with Gasteiger partial charge in [0, 0.05) is 0 Å². The molecule has 0 amide bonds. The van der Waals surface area contributed by atoms with Crippen molar-refractivity contribution in [3.05, 3.63) is 91.0 Å². The fourth-order valence-electron chi connectivity index (χ4n) is 8.09. The van der Waals surface area contributed by atoms with Gasteiger partial charge in [-0.25, -0.2) is 0 Å². The van der Waals surface area contributed by atoms with Crippen molar-refractivity contribution in [1.29, 1.82) is 0 Å². The number of rotatable bonds is 6. The maximum atomic E-state index is 3.00. The summed E-state index contributed by atoms with van der Waals surface area (Å²) in [5.41, 5.74) is 0.599. The van der Waals surface area contributed by atoms with Crippen molar-refractivity contribution in [3.63, 3.8) is 0 Å². The quantitative estimate of drug-likeness (QED) is 0.220. The first kappa shape index (κ1) is 21.4. The minimum atomic E-state index is -2.63. The molecule has 0 atom stereocenters. The van der Waals surface area contributed by atoms with E-state index in [-0.39, 0.29) is 0 Å². The Morgan fingerprint density at radius 2 is 0.938 bits per heavy atom. The van der Waals surface area contributed by atoms with Crippen LogP contribution < -0.4 is 15.9 Å². The van der Waals surface area contributed by atoms with Gasteiger partial charge in [-0.3, -0.25) is 0 Å². The fourth-order valence-corrected chi connectivity index (χ4v) is 16.7. The van der Waals surface area contributed by atoms with E-state index in [4.69, 9.17) is 0 Å². The summed E-state index contributed by atoms with van der Waals surface area (Å²) < 4.78 is -2.63. The topological polar surface area (TPSA) is 0 Å². The number of halogens is 1. The summed E-state index contributed by atoms with van der Waals surface area (Å²) in [6, 6.07) is 34.6. The van der Waals surface area contributed by atoms with Crippen molar-refractivity contribution in [3.8, 4) is 0 Å². The molecule has 0 aliphatic heterocycles. The number of hydrogen-bond donors (Lipinski definition) is 0. The number of hydrogen-bond acceptors (Lipinski definition) is 0. The third kappa shape index (κ3) is 3.33. The second-order valence-corrected chi connectivity index (χ2v) is 21.8. The van der Waals surface area contributed by atoms with Crippen LogP contribution in [-0.4, -0.2) is 6.16 Å². The third-order valence-electron chi connectivity index (χ3n) is 9.11. The van der Waals surface area contributed by atoms with Crippen LogP contribution in [0.5, 0.6) is 0 Å². The zero-order chi connectivity index (χ0) is 21.7. The van der Waals surface area contributed by atoms with Crippen molar-refractivity contribution in [2.45, 2.75) is 44.9 Å². The molecule has 3 aromatic carbocycles. The Kier molecular flexibility index (Phi) is 5.31. The van der Waals surface area contributed by atoms with Gasteiger partial charge in [-0.1, -0.05) is 0 Å². The Hall–Kier alpha value is -1.18. The van der Waals surface area contributed by atoms with E-state index in [1.807, 2.05) is 0 Å². The number of benzene rings is 3. The Morgan fingerprint density at radius 3 is 1.28 bits per heavy atom. The van der Waals surface area contributed by atoms with Gasteiger partial charge in [-0.2, -0.15) is 0 Å². The zero-order valence-corrected chi connectivity index (χ0v) is 21.9. The van der Waals surface area contributed by atoms with E-state index in [0.29, 0.717) is 5.41 Å². The molecule has 4 saturated carbocycles. The maximum absolute atomic E-state index is 3.00. The molecule has 0 aromatic heterocycles. The van der Waals surface area contributed by atoms with E-state index < -0.39 is 4.25 Å². The monoisotopic (exact) mass is 552 g/mol. The molecule has 7 rings (SSSR count). The summed E-state index contributed by atoms with van der Waals surface area (Å²) in [4.78, 5) is 0. The average molecular weight is 552 g/mol. The molecule has 0 nitrogen and oxygen atoms in total. The Labute approximate surface area is 206 Å². The predicted molar refractivity (Wildman–Crippen MR) is 149 cm³/mol. The summed E-state index contributed by atoms with van der Waals surface area (Å²) in [6.07, 6.45) is 11.8. The Bertz CT molecular complexity index is 941. The first-order chi connectivity index (χ1) is 15.6. The van der Waals surface area contributed by atoms with Gasteiger partial charge in [0.25, 0.3) is 0 Å². The fraction of sp³-hybridized carbons (Fsp3) is 0.400. The van der Waals surface area contributed by atoms with E-state index in [2.05, 4.69) is 113 Å². The van der Waals surface area contributed by atoms with Gasteiger partial charge in [0.05, 0.1) is 0 Å². The van der Waals surface area contributed by atoms with Crippen LogP contribution >= 0.6 is 26.3 Å². The summed E-state index contributed by atoms with van der Waals surface area (Å²) >= 11 is 3.00. The molecule has 0 spiro atoms. The van der Waals surface area contributed by atoms with Crippen LogP contribution in [0.3, 0.4) is 0 Å². The molecule has 0 heterocycles. The minimum absolute atomic E-state index is 0.599. The molecule has 3 aromatic rings. The molecule has 0 N–H and O–H groups in total. The molecule has 0 unspecified atom stereocenters. The second-order valence-electron chi connectivity index (χ2n) is 11.1. The molecule has 4 bridgehead atoms. The second kappa shape index (κ2) is 7.95. The van der Waals surface area contributed by atoms with Crippen molar-refractivity contribution >= 4 is 42.2 Å². The van der Waals surface area contributed by atoms with E-state index in [9.17, 15) is 0 Å². The van der Waals surface area contributed by atoms with Gasteiger partial charge in [-0.05, 0) is 0 Å². The SMILES string of the molecule is IP(CCC12CC3CC(CC(C3)C1)C2)(c1ccccc1)(c1ccccc1)c1ccccc1. The summed E-state index contributed by atoms with van der Waals surface area (Å²) in [6.45, 7) is 0. The van der Waals surface area contributed by atoms with E-state index in [1.54, 1.807) is 15.9 Å². The van der Waals surface area contributed by atoms with Crippen molar-refractivity contribution in [2.24, 2.45) is 23.2 Å². The normalized spacial score (nSPS) is 30.0. The third-order valence-corrected chi connectivity index (χ3v) is 20.8. The molecule has 4 fully saturated rings. The molecule has 0 radical (unpaired) electrons. The van der Waals surface area contributed by atoms with E-state index in [1.165, 1.54) is 51.1 Å². The van der Waals surface area contributed by atoms with Crippen molar-refractivity contribution in [1.82, 2.24) is 0 Å². The Balaban J connectivity index is 1.50. The van der Waals surface area contributed by atoms with Crippen LogP contribution in [0.15, 0.2) is 91.0 Å². The van der Waals surface area contributed by atoms with E-state index in [0.717, 1.165) is 17.8 Å². The summed E-state index contributed by atoms with van der Waals surface area (Å²) in [5, 5.41) is 4.63. The molecular weight excluding hydrogens is 518 g/mol. The van der Waals surface area contributed by atoms with Crippen LogP contribution in [0.2, 0.25) is 0 Å². The molecule has 2 heteroatoms. The average Bonchev–Trinajstić information content (AvgIpc) is 2.84. The van der Waals surface area contributed by atoms with Gasteiger partial charge in [-0.15, -0.1) is 0 Å². The van der Waals surface area contributed by atoms with Crippen molar-refractivity contribution in [2.75, 3.05) is 6.16 Å². The van der Waals surface area contributed by atoms with Gasteiger partial charge < -0.3 is 0 Å². The van der Waals surface area contributed by atoms with Gasteiger partial charge in [0.15, 0.2) is 0 Å². The molecule has 4 aliphatic carbocycles.